The lowest BCUT2D eigenvalue weighted by molar-refractivity contribution is -0.137. The van der Waals surface area contributed by atoms with E-state index in [1.807, 2.05) is 0 Å². The van der Waals surface area contributed by atoms with Gasteiger partial charge in [0.1, 0.15) is 12.4 Å². The number of hydrogen-bond donors (Lipinski definition) is 1. The number of carboxylic acids is 1. The number of rotatable bonds is 3. The van der Waals surface area contributed by atoms with Gasteiger partial charge in [-0.1, -0.05) is 0 Å². The maximum atomic E-state index is 12.8. The lowest BCUT2D eigenvalue weighted by Crippen LogP contribution is -2.51. The minimum atomic E-state index is -3.86. The topological polar surface area (TPSA) is 77.9 Å². The number of carboxylic acid groups (broad SMARTS) is 1. The zero-order valence-electron chi connectivity index (χ0n) is 9.99. The molecule has 0 radical (unpaired) electrons. The van der Waals surface area contributed by atoms with E-state index in [0.717, 1.165) is 8.61 Å². The van der Waals surface area contributed by atoms with Crippen LogP contribution in [0.1, 0.15) is 6.42 Å². The highest BCUT2D eigenvalue weighted by Gasteiger charge is 2.34. The van der Waals surface area contributed by atoms with Crippen LogP contribution >= 0.6 is 0 Å². The van der Waals surface area contributed by atoms with Gasteiger partial charge in [0, 0.05) is 13.1 Å². The molecule has 1 aromatic rings. The van der Waals surface area contributed by atoms with Gasteiger partial charge in [0.25, 0.3) is 0 Å². The summed E-state index contributed by atoms with van der Waals surface area (Å²) in [6.45, 7) is -0.142. The Balaban J connectivity index is 2.30. The van der Waals surface area contributed by atoms with E-state index < -0.39 is 28.5 Å². The second kappa shape index (κ2) is 5.14. The minimum Gasteiger partial charge on any atom is -0.480 e. The molecule has 0 saturated carbocycles. The van der Waals surface area contributed by atoms with E-state index in [2.05, 4.69) is 0 Å². The molecule has 0 amide bonds. The summed E-state index contributed by atoms with van der Waals surface area (Å²) in [4.78, 5) is 10.7. The van der Waals surface area contributed by atoms with Crippen molar-refractivity contribution in [1.82, 2.24) is 4.31 Å². The monoisotopic (exact) mass is 288 g/mol. The summed E-state index contributed by atoms with van der Waals surface area (Å²) in [5.41, 5.74) is 0.330. The number of nitrogens with zero attached hydrogens (tertiary/aromatic N) is 2. The van der Waals surface area contributed by atoms with E-state index in [1.165, 1.54) is 24.3 Å². The molecule has 0 aromatic heterocycles. The van der Waals surface area contributed by atoms with Crippen molar-refractivity contribution < 1.29 is 22.7 Å². The third kappa shape index (κ3) is 2.85. The molecule has 1 aliphatic heterocycles. The zero-order chi connectivity index (χ0) is 14.0. The number of halogens is 1. The fourth-order valence-electron chi connectivity index (χ4n) is 1.94. The molecule has 8 heteroatoms. The summed E-state index contributed by atoms with van der Waals surface area (Å²) >= 11 is 0. The maximum absolute atomic E-state index is 12.8. The molecule has 1 N–H and O–H groups in total. The average Bonchev–Trinajstić information content (AvgIpc) is 2.33. The largest absolute Gasteiger partial charge is 0.480 e. The Morgan fingerprint density at radius 3 is 2.47 bits per heavy atom. The van der Waals surface area contributed by atoms with Gasteiger partial charge in [0.05, 0.1) is 5.69 Å². The molecule has 0 atom stereocenters. The number of hydrogen-bond acceptors (Lipinski definition) is 3. The van der Waals surface area contributed by atoms with Crippen molar-refractivity contribution in [2.24, 2.45) is 0 Å². The minimum absolute atomic E-state index is 0.173. The summed E-state index contributed by atoms with van der Waals surface area (Å²) in [6.07, 6.45) is 0.518. The molecular weight excluding hydrogens is 275 g/mol. The lowest BCUT2D eigenvalue weighted by atomic mass is 10.3. The Bertz CT molecular complexity index is 573. The Labute approximate surface area is 110 Å². The first-order valence-electron chi connectivity index (χ1n) is 5.66. The third-order valence-corrected chi connectivity index (χ3v) is 4.71. The van der Waals surface area contributed by atoms with E-state index >= 15 is 0 Å². The Kier molecular flexibility index (Phi) is 3.72. The molecule has 2 rings (SSSR count). The van der Waals surface area contributed by atoms with Crippen LogP contribution in [-0.2, 0) is 15.0 Å². The highest BCUT2D eigenvalue weighted by atomic mass is 32.2. The molecule has 0 bridgehead atoms. The molecule has 1 fully saturated rings. The van der Waals surface area contributed by atoms with Gasteiger partial charge in [-0.3, -0.25) is 9.10 Å². The molecule has 0 unspecified atom stereocenters. The third-order valence-electron chi connectivity index (χ3n) is 2.80. The molecule has 6 nitrogen and oxygen atoms in total. The molecule has 1 saturated heterocycles. The van der Waals surface area contributed by atoms with Crippen LogP contribution in [-0.4, -0.2) is 43.4 Å². The number of aliphatic carboxylic acids is 1. The van der Waals surface area contributed by atoms with E-state index in [-0.39, 0.29) is 13.1 Å². The van der Waals surface area contributed by atoms with Crippen LogP contribution in [0, 0.1) is 5.82 Å². The Hall–Kier alpha value is -1.67. The van der Waals surface area contributed by atoms with Crippen molar-refractivity contribution in [1.29, 1.82) is 0 Å². The van der Waals surface area contributed by atoms with Gasteiger partial charge in [0.2, 0.25) is 0 Å². The van der Waals surface area contributed by atoms with Gasteiger partial charge in [-0.05, 0) is 30.7 Å². The molecule has 1 aromatic carbocycles. The first kappa shape index (κ1) is 13.8. The lowest BCUT2D eigenvalue weighted by Gasteiger charge is -2.35. The number of anilines is 1. The summed E-state index contributed by atoms with van der Waals surface area (Å²) in [5, 5.41) is 8.72. The fourth-order valence-corrected chi connectivity index (χ4v) is 3.60. The summed E-state index contributed by atoms with van der Waals surface area (Å²) in [7, 11) is -3.86. The van der Waals surface area contributed by atoms with Crippen LogP contribution in [0.15, 0.2) is 24.3 Å². The molecule has 0 aliphatic carbocycles. The smallest absolute Gasteiger partial charge is 0.318 e. The zero-order valence-corrected chi connectivity index (χ0v) is 10.8. The number of benzene rings is 1. The molecule has 104 valence electrons. The molecule has 0 spiro atoms. The normalized spacial score (nSPS) is 19.3. The van der Waals surface area contributed by atoms with E-state index in [4.69, 9.17) is 5.11 Å². The summed E-state index contributed by atoms with van der Waals surface area (Å²) in [6, 6.07) is 5.05. The van der Waals surface area contributed by atoms with Crippen molar-refractivity contribution >= 4 is 21.9 Å². The van der Waals surface area contributed by atoms with Gasteiger partial charge in [0.15, 0.2) is 0 Å². The SMILES string of the molecule is O=C(O)CN1CCCN(c2ccc(F)cc2)S1(=O)=O. The second-order valence-electron chi connectivity index (χ2n) is 4.14. The molecule has 1 heterocycles. The summed E-state index contributed by atoms with van der Waals surface area (Å²) < 4.78 is 39.3. The van der Waals surface area contributed by atoms with Crippen molar-refractivity contribution in [2.45, 2.75) is 6.42 Å². The van der Waals surface area contributed by atoms with E-state index in [9.17, 15) is 17.6 Å². The van der Waals surface area contributed by atoms with Gasteiger partial charge in [-0.15, -0.1) is 0 Å². The van der Waals surface area contributed by atoms with Crippen LogP contribution in [0.2, 0.25) is 0 Å². The van der Waals surface area contributed by atoms with Crippen molar-refractivity contribution in [3.63, 3.8) is 0 Å². The van der Waals surface area contributed by atoms with Crippen LogP contribution in [0.5, 0.6) is 0 Å². The van der Waals surface area contributed by atoms with Crippen LogP contribution in [0.25, 0.3) is 0 Å². The predicted octanol–water partition coefficient (Wildman–Crippen LogP) is 0.667. The van der Waals surface area contributed by atoms with Gasteiger partial charge >= 0.3 is 16.2 Å². The van der Waals surface area contributed by atoms with E-state index in [1.54, 1.807) is 0 Å². The quantitative estimate of drug-likeness (QED) is 0.886. The van der Waals surface area contributed by atoms with Crippen LogP contribution in [0.3, 0.4) is 0 Å². The molecule has 1 aliphatic rings. The van der Waals surface area contributed by atoms with Gasteiger partial charge in [-0.25, -0.2) is 4.39 Å². The van der Waals surface area contributed by atoms with Crippen LogP contribution in [0.4, 0.5) is 10.1 Å². The van der Waals surface area contributed by atoms with Crippen molar-refractivity contribution in [3.8, 4) is 0 Å². The second-order valence-corrected chi connectivity index (χ2v) is 5.99. The molecule has 19 heavy (non-hydrogen) atoms. The first-order chi connectivity index (χ1) is 8.91. The predicted molar refractivity (Wildman–Crippen MR) is 66.5 cm³/mol. The standard InChI is InChI=1S/C11H13FN2O4S/c12-9-2-4-10(5-3-9)14-7-1-6-13(8-11(15)16)19(14,17)18/h2-5H,1,6-8H2,(H,15,16). The average molecular weight is 288 g/mol. The van der Waals surface area contributed by atoms with E-state index in [0.29, 0.717) is 12.1 Å². The van der Waals surface area contributed by atoms with Crippen molar-refractivity contribution in [2.75, 3.05) is 23.9 Å². The first-order valence-corrected chi connectivity index (χ1v) is 7.06. The Morgan fingerprint density at radius 2 is 1.89 bits per heavy atom. The highest BCUT2D eigenvalue weighted by molar-refractivity contribution is 7.90. The van der Waals surface area contributed by atoms with Crippen LogP contribution < -0.4 is 4.31 Å². The van der Waals surface area contributed by atoms with Crippen molar-refractivity contribution in [3.05, 3.63) is 30.1 Å². The molecular formula is C11H13FN2O4S. The highest BCUT2D eigenvalue weighted by Crippen LogP contribution is 2.24. The Morgan fingerprint density at radius 1 is 1.26 bits per heavy atom. The maximum Gasteiger partial charge on any atom is 0.318 e. The fraction of sp³-hybridized carbons (Fsp3) is 0.364. The summed E-state index contributed by atoms with van der Waals surface area (Å²) in [5.74, 6) is -1.66. The van der Waals surface area contributed by atoms with Gasteiger partial charge in [-0.2, -0.15) is 12.7 Å². The van der Waals surface area contributed by atoms with Gasteiger partial charge < -0.3 is 5.11 Å². The number of carbonyl (C=O) groups is 1.